The van der Waals surface area contributed by atoms with Crippen molar-refractivity contribution in [3.63, 3.8) is 0 Å². The average molecular weight is 401 g/mol. The predicted molar refractivity (Wildman–Crippen MR) is 119 cm³/mol. The summed E-state index contributed by atoms with van der Waals surface area (Å²) in [5, 5.41) is 0. The zero-order valence-electron chi connectivity index (χ0n) is 17.9. The zero-order chi connectivity index (χ0) is 20.4. The summed E-state index contributed by atoms with van der Waals surface area (Å²) in [6.07, 6.45) is 3.11. The van der Waals surface area contributed by atoms with E-state index in [1.54, 1.807) is 0 Å². The van der Waals surface area contributed by atoms with Crippen LogP contribution >= 0.6 is 0 Å². The number of nitrogens with zero attached hydrogens (tertiary/aromatic N) is 1. The van der Waals surface area contributed by atoms with Gasteiger partial charge in [-0.1, -0.05) is 52.7 Å². The molecule has 2 aromatic rings. The number of hydrogen-bond acceptors (Lipinski definition) is 4. The lowest BCUT2D eigenvalue weighted by atomic mass is 10.2. The highest BCUT2D eigenvalue weighted by Gasteiger charge is 2.38. The molecule has 0 spiro atoms. The quantitative estimate of drug-likeness (QED) is 0.463. The summed E-state index contributed by atoms with van der Waals surface area (Å²) >= 11 is 0. The number of ether oxygens (including phenoxy) is 1. The molecule has 0 radical (unpaired) electrons. The zero-order valence-corrected chi connectivity index (χ0v) is 18.9. The molecule has 1 aromatic carbocycles. The van der Waals surface area contributed by atoms with E-state index >= 15 is 0 Å². The van der Waals surface area contributed by atoms with Crippen molar-refractivity contribution in [3.8, 4) is 11.5 Å². The van der Waals surface area contributed by atoms with Crippen LogP contribution in [0.25, 0.3) is 0 Å². The van der Waals surface area contributed by atoms with E-state index in [0.29, 0.717) is 18.7 Å². The van der Waals surface area contributed by atoms with Gasteiger partial charge in [0.1, 0.15) is 11.5 Å². The molecule has 0 amide bonds. The second-order valence-corrected chi connectivity index (χ2v) is 12.2. The van der Waals surface area contributed by atoms with E-state index in [2.05, 4.69) is 38.7 Å². The molecule has 0 fully saturated rings. The van der Waals surface area contributed by atoms with E-state index in [9.17, 15) is 0 Å². The topological polar surface area (TPSA) is 57.4 Å². The van der Waals surface area contributed by atoms with Crippen LogP contribution in [0.15, 0.2) is 42.5 Å². The number of rotatable bonds is 12. The molecule has 0 bridgehead atoms. The van der Waals surface area contributed by atoms with Crippen molar-refractivity contribution in [3.05, 3.63) is 53.9 Å². The fourth-order valence-corrected chi connectivity index (χ4v) is 7.82. The van der Waals surface area contributed by atoms with Gasteiger partial charge in [-0.15, -0.1) is 0 Å². The summed E-state index contributed by atoms with van der Waals surface area (Å²) in [6, 6.07) is 16.5. The van der Waals surface area contributed by atoms with Crippen molar-refractivity contribution in [2.24, 2.45) is 5.73 Å². The van der Waals surface area contributed by atoms with Crippen molar-refractivity contribution in [1.82, 2.24) is 4.98 Å². The molecule has 0 aliphatic heterocycles. The van der Waals surface area contributed by atoms with Crippen LogP contribution in [0.5, 0.6) is 11.5 Å². The molecule has 0 atom stereocenters. The number of pyridine rings is 1. The molecule has 0 saturated carbocycles. The molecule has 1 aromatic heterocycles. The fraction of sp³-hybridized carbons (Fsp3) is 0.522. The lowest BCUT2D eigenvalue weighted by Gasteiger charge is -2.35. The van der Waals surface area contributed by atoms with Crippen molar-refractivity contribution in [2.45, 2.75) is 71.1 Å². The van der Waals surface area contributed by atoms with Crippen LogP contribution in [-0.2, 0) is 13.0 Å². The third-order valence-electron chi connectivity index (χ3n) is 5.23. The number of benzene rings is 1. The third kappa shape index (κ3) is 6.35. The maximum Gasteiger partial charge on any atom is 0.253 e. The van der Waals surface area contributed by atoms with Crippen molar-refractivity contribution in [1.29, 1.82) is 0 Å². The Balaban J connectivity index is 2.02. The van der Waals surface area contributed by atoms with Gasteiger partial charge in [-0.05, 0) is 41.9 Å². The summed E-state index contributed by atoms with van der Waals surface area (Å²) in [7, 11) is -1.81. The first-order valence-electron chi connectivity index (χ1n) is 10.6. The third-order valence-corrected chi connectivity index (χ3v) is 10.7. The van der Waals surface area contributed by atoms with Crippen LogP contribution in [0, 0.1) is 0 Å². The molecule has 0 aliphatic rings. The summed E-state index contributed by atoms with van der Waals surface area (Å²) < 4.78 is 12.7. The highest BCUT2D eigenvalue weighted by Crippen LogP contribution is 2.35. The van der Waals surface area contributed by atoms with Gasteiger partial charge in [0.2, 0.25) is 0 Å². The van der Waals surface area contributed by atoms with E-state index in [1.807, 2.05) is 36.4 Å². The Morgan fingerprint density at radius 2 is 1.61 bits per heavy atom. The molecular weight excluding hydrogens is 364 g/mol. The Morgan fingerprint density at radius 1 is 0.964 bits per heavy atom. The molecular formula is C23H36N2O2Si. The van der Waals surface area contributed by atoms with Crippen LogP contribution in [0.1, 0.15) is 51.9 Å². The first-order valence-corrected chi connectivity index (χ1v) is 13.0. The second-order valence-electron chi connectivity index (χ2n) is 7.72. The minimum atomic E-state index is -1.81. The highest BCUT2D eigenvalue weighted by molar-refractivity contribution is 6.75. The van der Waals surface area contributed by atoms with Crippen LogP contribution in [0.4, 0.5) is 0 Å². The normalized spacial score (nSPS) is 11.6. The Morgan fingerprint density at radius 3 is 2.25 bits per heavy atom. The molecule has 4 nitrogen and oxygen atoms in total. The minimum absolute atomic E-state index is 0.463. The van der Waals surface area contributed by atoms with E-state index in [0.717, 1.165) is 29.3 Å². The Hall–Kier alpha value is -1.85. The van der Waals surface area contributed by atoms with E-state index in [4.69, 9.17) is 14.9 Å². The molecule has 1 heterocycles. The number of nitrogens with two attached hydrogens (primary N) is 1. The van der Waals surface area contributed by atoms with Gasteiger partial charge in [-0.25, -0.2) is 0 Å². The van der Waals surface area contributed by atoms with Crippen LogP contribution < -0.4 is 14.9 Å². The summed E-state index contributed by atoms with van der Waals surface area (Å²) in [5.41, 5.74) is 8.18. The maximum absolute atomic E-state index is 6.71. The van der Waals surface area contributed by atoms with Crippen molar-refractivity contribution in [2.75, 3.05) is 6.61 Å². The molecule has 2 N–H and O–H groups in total. The molecule has 2 rings (SSSR count). The smallest absolute Gasteiger partial charge is 0.253 e. The molecule has 5 heteroatoms. The summed E-state index contributed by atoms with van der Waals surface area (Å²) in [6.45, 7) is 10.2. The van der Waals surface area contributed by atoms with Gasteiger partial charge in [0, 0.05) is 24.7 Å². The van der Waals surface area contributed by atoms with Gasteiger partial charge < -0.3 is 14.9 Å². The minimum Gasteiger partial charge on any atom is -0.543 e. The van der Waals surface area contributed by atoms with Crippen LogP contribution in [0.2, 0.25) is 17.6 Å². The molecule has 0 unspecified atom stereocenters. The first kappa shape index (κ1) is 22.4. The van der Waals surface area contributed by atoms with Crippen LogP contribution in [0.3, 0.4) is 0 Å². The molecule has 28 heavy (non-hydrogen) atoms. The Bertz CT molecular complexity index is 715. The first-order chi connectivity index (χ1) is 13.5. The standard InChI is InChI=1S/C23H36N2O2Si/c1-5-15-28(16-6-2,19(3)4)27-23-12-8-11-22(17-23)26-14-13-20-9-7-10-21(18-24)25-20/h7-12,17,19H,5-6,13-16,18,24H2,1-4H3. The molecule has 0 aliphatic carbocycles. The largest absolute Gasteiger partial charge is 0.543 e. The second kappa shape index (κ2) is 11.2. The Kier molecular flexibility index (Phi) is 8.99. The SMILES string of the molecule is CCC[Si](CCC)(Oc1cccc(OCCc2cccc(CN)n2)c1)C(C)C. The van der Waals surface area contributed by atoms with E-state index < -0.39 is 8.32 Å². The van der Waals surface area contributed by atoms with Crippen molar-refractivity contribution < 1.29 is 9.16 Å². The molecule has 0 saturated heterocycles. The predicted octanol–water partition coefficient (Wildman–Crippen LogP) is 5.72. The monoisotopic (exact) mass is 400 g/mol. The average Bonchev–Trinajstić information content (AvgIpc) is 2.68. The van der Waals surface area contributed by atoms with Gasteiger partial charge in [0.25, 0.3) is 8.32 Å². The van der Waals surface area contributed by atoms with Crippen molar-refractivity contribution >= 4 is 8.32 Å². The molecule has 154 valence electrons. The van der Waals surface area contributed by atoms with E-state index in [-0.39, 0.29) is 0 Å². The summed E-state index contributed by atoms with van der Waals surface area (Å²) in [4.78, 5) is 4.52. The number of hydrogen-bond donors (Lipinski definition) is 1. The van der Waals surface area contributed by atoms with Gasteiger partial charge >= 0.3 is 0 Å². The van der Waals surface area contributed by atoms with Gasteiger partial charge in [-0.3, -0.25) is 4.98 Å². The fourth-order valence-electron chi connectivity index (χ4n) is 3.69. The summed E-state index contributed by atoms with van der Waals surface area (Å²) in [5.74, 6) is 1.80. The van der Waals surface area contributed by atoms with Gasteiger partial charge in [0.05, 0.1) is 12.3 Å². The van der Waals surface area contributed by atoms with Crippen LogP contribution in [-0.4, -0.2) is 19.9 Å². The van der Waals surface area contributed by atoms with Gasteiger partial charge in [0.15, 0.2) is 0 Å². The maximum atomic E-state index is 6.71. The Labute approximate surface area is 171 Å². The highest BCUT2D eigenvalue weighted by atomic mass is 28.4. The lowest BCUT2D eigenvalue weighted by molar-refractivity contribution is 0.319. The number of aromatic nitrogens is 1. The lowest BCUT2D eigenvalue weighted by Crippen LogP contribution is -2.44. The van der Waals surface area contributed by atoms with E-state index in [1.165, 1.54) is 24.9 Å². The van der Waals surface area contributed by atoms with Gasteiger partial charge in [-0.2, -0.15) is 0 Å².